The van der Waals surface area contributed by atoms with E-state index in [2.05, 4.69) is 4.98 Å². The van der Waals surface area contributed by atoms with Crippen LogP contribution in [0.2, 0.25) is 5.02 Å². The Morgan fingerprint density at radius 3 is 3.00 bits per heavy atom. The van der Waals surface area contributed by atoms with Crippen LogP contribution in [0.15, 0.2) is 40.8 Å². The second-order valence-corrected chi connectivity index (χ2v) is 5.43. The summed E-state index contributed by atoms with van der Waals surface area (Å²) in [6, 6.07) is 7.09. The number of nitrogens with two attached hydrogens (primary N) is 1. The summed E-state index contributed by atoms with van der Waals surface area (Å²) in [7, 11) is 0. The number of halogens is 1. The van der Waals surface area contributed by atoms with Gasteiger partial charge in [-0.25, -0.2) is 4.98 Å². The van der Waals surface area contributed by atoms with Gasteiger partial charge in [0, 0.05) is 16.3 Å². The van der Waals surface area contributed by atoms with Crippen molar-refractivity contribution in [1.29, 1.82) is 0 Å². The molecule has 0 aliphatic heterocycles. The van der Waals surface area contributed by atoms with Crippen molar-refractivity contribution >= 4 is 38.8 Å². The molecule has 4 nitrogen and oxygen atoms in total. The fraction of sp³-hybridized carbons (Fsp3) is 0.0769. The van der Waals surface area contributed by atoms with E-state index in [0.717, 1.165) is 10.4 Å². The van der Waals surface area contributed by atoms with E-state index in [9.17, 15) is 4.79 Å². The Bertz CT molecular complexity index is 789. The van der Waals surface area contributed by atoms with Crippen molar-refractivity contribution in [1.82, 2.24) is 9.55 Å². The quantitative estimate of drug-likeness (QED) is 0.739. The Kier molecular flexibility index (Phi) is 3.00. The lowest BCUT2D eigenvalue weighted by Crippen LogP contribution is -2.21. The molecule has 0 spiro atoms. The van der Waals surface area contributed by atoms with Crippen LogP contribution in [0.4, 0.5) is 5.69 Å². The summed E-state index contributed by atoms with van der Waals surface area (Å²) in [5.41, 5.74) is 7.13. The Labute approximate surface area is 118 Å². The molecule has 19 heavy (non-hydrogen) atoms. The zero-order valence-corrected chi connectivity index (χ0v) is 11.4. The van der Waals surface area contributed by atoms with Gasteiger partial charge in [0.2, 0.25) is 0 Å². The van der Waals surface area contributed by atoms with Crippen LogP contribution in [0.5, 0.6) is 0 Å². The maximum Gasteiger partial charge on any atom is 0.262 e. The molecule has 6 heteroatoms. The topological polar surface area (TPSA) is 60.9 Å². The summed E-state index contributed by atoms with van der Waals surface area (Å²) in [6.45, 7) is 0.323. The molecule has 0 saturated carbocycles. The van der Waals surface area contributed by atoms with Crippen molar-refractivity contribution in [3.05, 3.63) is 56.9 Å². The van der Waals surface area contributed by atoms with Gasteiger partial charge in [0.15, 0.2) is 0 Å². The lowest BCUT2D eigenvalue weighted by molar-refractivity contribution is 0.751. The Morgan fingerprint density at radius 2 is 2.21 bits per heavy atom. The molecule has 0 unspecified atom stereocenters. The first kappa shape index (κ1) is 12.2. The van der Waals surface area contributed by atoms with Gasteiger partial charge in [-0.15, -0.1) is 11.3 Å². The van der Waals surface area contributed by atoms with Crippen LogP contribution in [-0.4, -0.2) is 9.55 Å². The lowest BCUT2D eigenvalue weighted by Gasteiger charge is -2.09. The molecule has 96 valence electrons. The van der Waals surface area contributed by atoms with Crippen molar-refractivity contribution in [3.8, 4) is 0 Å². The summed E-state index contributed by atoms with van der Waals surface area (Å²) in [6.07, 6.45) is 1.53. The molecule has 0 fully saturated rings. The van der Waals surface area contributed by atoms with E-state index in [4.69, 9.17) is 17.3 Å². The van der Waals surface area contributed by atoms with Gasteiger partial charge < -0.3 is 5.73 Å². The smallest absolute Gasteiger partial charge is 0.262 e. The van der Waals surface area contributed by atoms with Crippen LogP contribution in [0, 0.1) is 0 Å². The molecule has 0 saturated heterocycles. The summed E-state index contributed by atoms with van der Waals surface area (Å²) in [4.78, 5) is 17.3. The third-order valence-electron chi connectivity index (χ3n) is 2.93. The Hall–Kier alpha value is -1.85. The van der Waals surface area contributed by atoms with Gasteiger partial charge >= 0.3 is 0 Å². The van der Waals surface area contributed by atoms with Gasteiger partial charge in [-0.2, -0.15) is 0 Å². The van der Waals surface area contributed by atoms with E-state index in [1.807, 2.05) is 5.38 Å². The molecule has 0 amide bonds. The number of benzene rings is 1. The first-order valence-electron chi connectivity index (χ1n) is 5.62. The predicted molar refractivity (Wildman–Crippen MR) is 78.8 cm³/mol. The minimum atomic E-state index is -0.0782. The maximum absolute atomic E-state index is 12.3. The highest BCUT2D eigenvalue weighted by molar-refractivity contribution is 7.16. The molecule has 2 N–H and O–H groups in total. The van der Waals surface area contributed by atoms with Crippen molar-refractivity contribution in [3.63, 3.8) is 0 Å². The van der Waals surface area contributed by atoms with Gasteiger partial charge in [-0.3, -0.25) is 9.36 Å². The zero-order valence-electron chi connectivity index (χ0n) is 9.84. The number of nitrogens with zero attached hydrogens (tertiary/aromatic N) is 2. The predicted octanol–water partition coefficient (Wildman–Crippen LogP) is 2.74. The van der Waals surface area contributed by atoms with Gasteiger partial charge in [-0.05, 0) is 23.6 Å². The number of rotatable bonds is 2. The minimum absolute atomic E-state index is 0.0782. The number of aromatic nitrogens is 2. The summed E-state index contributed by atoms with van der Waals surface area (Å²) in [5.74, 6) is 0. The number of fused-ring (bicyclic) bond motifs is 1. The molecule has 2 heterocycles. The van der Waals surface area contributed by atoms with E-state index < -0.39 is 0 Å². The third-order valence-corrected chi connectivity index (χ3v) is 4.11. The van der Waals surface area contributed by atoms with Gasteiger partial charge in [0.1, 0.15) is 4.83 Å². The van der Waals surface area contributed by atoms with Gasteiger partial charge in [0.25, 0.3) is 5.56 Å². The average molecular weight is 292 g/mol. The van der Waals surface area contributed by atoms with Crippen LogP contribution in [0.3, 0.4) is 0 Å². The highest BCUT2D eigenvalue weighted by atomic mass is 35.5. The first-order valence-corrected chi connectivity index (χ1v) is 6.88. The van der Waals surface area contributed by atoms with Crippen LogP contribution in [-0.2, 0) is 6.54 Å². The molecule has 2 aromatic heterocycles. The number of nitrogen functional groups attached to an aromatic ring is 1. The van der Waals surface area contributed by atoms with Crippen molar-refractivity contribution in [2.45, 2.75) is 6.54 Å². The average Bonchev–Trinajstić information content (AvgIpc) is 2.85. The normalized spacial score (nSPS) is 11.0. The van der Waals surface area contributed by atoms with E-state index >= 15 is 0 Å². The summed E-state index contributed by atoms with van der Waals surface area (Å²) < 4.78 is 1.52. The zero-order chi connectivity index (χ0) is 13.4. The number of thiophene rings is 1. The fourth-order valence-electron chi connectivity index (χ4n) is 1.92. The van der Waals surface area contributed by atoms with Crippen molar-refractivity contribution in [2.75, 3.05) is 5.73 Å². The van der Waals surface area contributed by atoms with Crippen LogP contribution < -0.4 is 11.3 Å². The Balaban J connectivity index is 2.11. The molecule has 1 aromatic carbocycles. The van der Waals surface area contributed by atoms with Gasteiger partial charge in [0.05, 0.1) is 18.3 Å². The monoisotopic (exact) mass is 291 g/mol. The molecule has 0 aliphatic rings. The molecular formula is C13H10ClN3OS. The minimum Gasteiger partial charge on any atom is -0.398 e. The molecular weight excluding hydrogens is 282 g/mol. The number of hydrogen-bond donors (Lipinski definition) is 1. The standard InChI is InChI=1S/C13H10ClN3OS/c14-10-2-1-3-11(15)9(10)6-17-7-16-12-8(13(17)18)4-5-19-12/h1-5,7H,6,15H2. The van der Waals surface area contributed by atoms with E-state index in [0.29, 0.717) is 22.6 Å². The summed E-state index contributed by atoms with van der Waals surface area (Å²) in [5, 5.41) is 3.03. The fourth-order valence-corrected chi connectivity index (χ4v) is 2.88. The second-order valence-electron chi connectivity index (χ2n) is 4.12. The summed E-state index contributed by atoms with van der Waals surface area (Å²) >= 11 is 7.56. The molecule has 0 aliphatic carbocycles. The largest absolute Gasteiger partial charge is 0.398 e. The Morgan fingerprint density at radius 1 is 1.37 bits per heavy atom. The SMILES string of the molecule is Nc1cccc(Cl)c1Cn1cnc2sccc2c1=O. The molecule has 0 bridgehead atoms. The van der Waals surface area contributed by atoms with Crippen molar-refractivity contribution in [2.24, 2.45) is 0 Å². The van der Waals surface area contributed by atoms with Crippen LogP contribution in [0.1, 0.15) is 5.56 Å². The third kappa shape index (κ3) is 2.11. The highest BCUT2D eigenvalue weighted by Crippen LogP contribution is 2.22. The van der Waals surface area contributed by atoms with Crippen LogP contribution in [0.25, 0.3) is 10.2 Å². The molecule has 3 aromatic rings. The van der Waals surface area contributed by atoms with E-state index in [1.54, 1.807) is 24.3 Å². The van der Waals surface area contributed by atoms with E-state index in [-0.39, 0.29) is 5.56 Å². The highest BCUT2D eigenvalue weighted by Gasteiger charge is 2.09. The van der Waals surface area contributed by atoms with E-state index in [1.165, 1.54) is 22.2 Å². The molecule has 0 radical (unpaired) electrons. The number of anilines is 1. The van der Waals surface area contributed by atoms with Crippen molar-refractivity contribution < 1.29 is 0 Å². The van der Waals surface area contributed by atoms with Crippen LogP contribution >= 0.6 is 22.9 Å². The first-order chi connectivity index (χ1) is 9.16. The lowest BCUT2D eigenvalue weighted by atomic mass is 10.2. The molecule has 0 atom stereocenters. The number of hydrogen-bond acceptors (Lipinski definition) is 4. The molecule has 3 rings (SSSR count). The maximum atomic E-state index is 12.3. The second kappa shape index (κ2) is 4.68. The van der Waals surface area contributed by atoms with Gasteiger partial charge in [-0.1, -0.05) is 17.7 Å².